The van der Waals surface area contributed by atoms with Gasteiger partial charge >= 0.3 is 0 Å². The first kappa shape index (κ1) is 23.8. The molecule has 2 heterocycles. The molecule has 2 aromatic carbocycles. The number of nitrogens with one attached hydrogen (secondary N) is 2. The van der Waals surface area contributed by atoms with Crippen LogP contribution in [-0.2, 0) is 16.4 Å². The Morgan fingerprint density at radius 1 is 1.09 bits per heavy atom. The van der Waals surface area contributed by atoms with Gasteiger partial charge in [0.1, 0.15) is 10.7 Å². The second kappa shape index (κ2) is 9.97. The molecule has 0 radical (unpaired) electrons. The number of thiazole rings is 1. The van der Waals surface area contributed by atoms with Gasteiger partial charge in [0, 0.05) is 33.7 Å². The summed E-state index contributed by atoms with van der Waals surface area (Å²) in [5.41, 5.74) is 2.76. The Kier molecular flexibility index (Phi) is 6.97. The van der Waals surface area contributed by atoms with Crippen LogP contribution >= 0.6 is 23.1 Å². The molecule has 0 atom stereocenters. The first-order chi connectivity index (χ1) is 16.4. The maximum Gasteiger partial charge on any atom is 0.243 e. The predicted octanol–water partition coefficient (Wildman–Crippen LogP) is 5.86. The first-order valence-corrected chi connectivity index (χ1v) is 14.9. The molecule has 2 N–H and O–H groups in total. The molecule has 5 nitrogen and oxygen atoms in total. The largest absolute Gasteiger partial charge is 0.359 e. The van der Waals surface area contributed by atoms with E-state index in [4.69, 9.17) is 4.98 Å². The standard InChI is InChI=1S/C25H28FN3O2S3/c1-16-5-4-7-20(26)24(16)34(30,31)27-15-17-9-11-18(12-10-17)28-25-29-23-19-6-2-3-8-21(19)32-14-13-22(23)33-25/h2-8,17-18,27H,9-15H2,1H3,(H,28,29). The number of aryl methyl sites for hydroxylation is 2. The van der Waals surface area contributed by atoms with Crippen LogP contribution in [0, 0.1) is 18.7 Å². The molecule has 3 aromatic rings. The average Bonchev–Trinajstić information content (AvgIpc) is 3.13. The highest BCUT2D eigenvalue weighted by Gasteiger charge is 2.27. The van der Waals surface area contributed by atoms with E-state index in [0.29, 0.717) is 18.2 Å². The smallest absolute Gasteiger partial charge is 0.243 e. The lowest BCUT2D eigenvalue weighted by molar-refractivity contribution is 0.337. The minimum atomic E-state index is -3.86. The number of rotatable bonds is 6. The molecule has 34 heavy (non-hydrogen) atoms. The van der Waals surface area contributed by atoms with Crippen LogP contribution in [0.4, 0.5) is 9.52 Å². The summed E-state index contributed by atoms with van der Waals surface area (Å²) in [5, 5.41) is 4.61. The van der Waals surface area contributed by atoms with Crippen LogP contribution in [0.5, 0.6) is 0 Å². The molecule has 0 unspecified atom stereocenters. The Morgan fingerprint density at radius 2 is 1.88 bits per heavy atom. The van der Waals surface area contributed by atoms with Gasteiger partial charge in [0.05, 0.1) is 5.69 Å². The van der Waals surface area contributed by atoms with Gasteiger partial charge in [0.25, 0.3) is 0 Å². The topological polar surface area (TPSA) is 71.1 Å². The number of anilines is 1. The van der Waals surface area contributed by atoms with Crippen molar-refractivity contribution in [1.82, 2.24) is 9.71 Å². The fraction of sp³-hybridized carbons (Fsp3) is 0.400. The van der Waals surface area contributed by atoms with Crippen molar-refractivity contribution in [3.05, 3.63) is 58.7 Å². The molecular formula is C25H28FN3O2S3. The molecule has 1 aliphatic carbocycles. The lowest BCUT2D eigenvalue weighted by Gasteiger charge is -2.29. The highest BCUT2D eigenvalue weighted by atomic mass is 32.2. The summed E-state index contributed by atoms with van der Waals surface area (Å²) in [5.74, 6) is 0.610. The van der Waals surface area contributed by atoms with Gasteiger partial charge in [0.2, 0.25) is 10.0 Å². The number of hydrogen-bond acceptors (Lipinski definition) is 6. The van der Waals surface area contributed by atoms with Gasteiger partial charge in [-0.05, 0) is 62.6 Å². The molecule has 180 valence electrons. The van der Waals surface area contributed by atoms with Crippen molar-refractivity contribution in [2.24, 2.45) is 5.92 Å². The Hall–Kier alpha value is -1.94. The minimum Gasteiger partial charge on any atom is -0.359 e. The lowest BCUT2D eigenvalue weighted by Crippen LogP contribution is -2.34. The third-order valence-corrected chi connectivity index (χ3v) is 10.3. The maximum atomic E-state index is 14.1. The molecule has 9 heteroatoms. The normalized spacial score (nSPS) is 20.3. The number of aromatic nitrogens is 1. The quantitative estimate of drug-likeness (QED) is 0.429. The number of halogens is 1. The Bertz CT molecular complexity index is 1260. The number of benzene rings is 2. The fourth-order valence-corrected chi connectivity index (χ4v) is 8.40. The van der Waals surface area contributed by atoms with E-state index < -0.39 is 15.8 Å². The van der Waals surface area contributed by atoms with Gasteiger partial charge in [-0.3, -0.25) is 0 Å². The molecule has 2 aliphatic rings. The Morgan fingerprint density at radius 3 is 2.68 bits per heavy atom. The van der Waals surface area contributed by atoms with Crippen LogP contribution in [0.3, 0.4) is 0 Å². The number of hydrogen-bond donors (Lipinski definition) is 2. The second-order valence-corrected chi connectivity index (χ2v) is 12.9. The molecule has 0 spiro atoms. The van der Waals surface area contributed by atoms with Gasteiger partial charge < -0.3 is 5.32 Å². The number of sulfonamides is 1. The molecule has 0 amide bonds. The van der Waals surface area contributed by atoms with Crippen LogP contribution in [0.2, 0.25) is 0 Å². The van der Waals surface area contributed by atoms with E-state index in [0.717, 1.165) is 48.7 Å². The zero-order valence-corrected chi connectivity index (χ0v) is 21.5. The Labute approximate surface area is 208 Å². The molecule has 1 aliphatic heterocycles. The summed E-state index contributed by atoms with van der Waals surface area (Å²) < 4.78 is 42.1. The molecule has 1 fully saturated rings. The van der Waals surface area contributed by atoms with E-state index >= 15 is 0 Å². The summed E-state index contributed by atoms with van der Waals surface area (Å²) in [6.07, 6.45) is 4.79. The third kappa shape index (κ3) is 5.03. The Balaban J connectivity index is 1.17. The average molecular weight is 518 g/mol. The van der Waals surface area contributed by atoms with Crippen LogP contribution in [0.25, 0.3) is 11.3 Å². The summed E-state index contributed by atoms with van der Waals surface area (Å²) in [6, 6.07) is 13.1. The summed E-state index contributed by atoms with van der Waals surface area (Å²) in [6.45, 7) is 1.95. The highest BCUT2D eigenvalue weighted by Crippen LogP contribution is 2.41. The molecule has 5 rings (SSSR count). The third-order valence-electron chi connectivity index (χ3n) is 6.60. The van der Waals surface area contributed by atoms with Gasteiger partial charge in [-0.1, -0.05) is 30.3 Å². The second-order valence-electron chi connectivity index (χ2n) is 8.99. The van der Waals surface area contributed by atoms with Gasteiger partial charge in [-0.25, -0.2) is 22.5 Å². The molecule has 0 saturated heterocycles. The minimum absolute atomic E-state index is 0.242. The fourth-order valence-electron chi connectivity index (χ4n) is 4.78. The van der Waals surface area contributed by atoms with E-state index in [-0.39, 0.29) is 10.8 Å². The summed E-state index contributed by atoms with van der Waals surface area (Å²) in [4.78, 5) is 7.35. The zero-order valence-electron chi connectivity index (χ0n) is 19.0. The SMILES string of the molecule is Cc1cccc(F)c1S(=O)(=O)NCC1CCC(Nc2nc3c(s2)CCSc2ccccc2-3)CC1. The van der Waals surface area contributed by atoms with Crippen molar-refractivity contribution in [2.45, 2.75) is 54.9 Å². The molecular weight excluding hydrogens is 489 g/mol. The van der Waals surface area contributed by atoms with E-state index in [9.17, 15) is 12.8 Å². The lowest BCUT2D eigenvalue weighted by atomic mass is 9.86. The molecule has 0 bridgehead atoms. The zero-order chi connectivity index (χ0) is 23.7. The van der Waals surface area contributed by atoms with Crippen molar-refractivity contribution in [1.29, 1.82) is 0 Å². The van der Waals surface area contributed by atoms with E-state index in [2.05, 4.69) is 34.3 Å². The van der Waals surface area contributed by atoms with Crippen molar-refractivity contribution in [3.63, 3.8) is 0 Å². The monoisotopic (exact) mass is 517 g/mol. The van der Waals surface area contributed by atoms with Crippen LogP contribution in [0.1, 0.15) is 36.1 Å². The summed E-state index contributed by atoms with van der Waals surface area (Å²) >= 11 is 3.65. The number of thioether (sulfide) groups is 1. The van der Waals surface area contributed by atoms with Crippen molar-refractivity contribution in [2.75, 3.05) is 17.6 Å². The van der Waals surface area contributed by atoms with Gasteiger partial charge in [-0.15, -0.1) is 23.1 Å². The molecule has 1 saturated carbocycles. The van der Waals surface area contributed by atoms with Crippen molar-refractivity contribution in [3.8, 4) is 11.3 Å². The first-order valence-electron chi connectivity index (χ1n) is 11.6. The van der Waals surface area contributed by atoms with Crippen LogP contribution in [-0.4, -0.2) is 31.7 Å². The van der Waals surface area contributed by atoms with Crippen molar-refractivity contribution < 1.29 is 12.8 Å². The van der Waals surface area contributed by atoms with Gasteiger partial charge in [0.15, 0.2) is 5.13 Å². The van der Waals surface area contributed by atoms with Crippen molar-refractivity contribution >= 4 is 38.3 Å². The van der Waals surface area contributed by atoms with Crippen LogP contribution < -0.4 is 10.0 Å². The van der Waals surface area contributed by atoms with E-state index in [1.165, 1.54) is 27.5 Å². The van der Waals surface area contributed by atoms with Crippen LogP contribution in [0.15, 0.2) is 52.3 Å². The van der Waals surface area contributed by atoms with Gasteiger partial charge in [-0.2, -0.15) is 0 Å². The maximum absolute atomic E-state index is 14.1. The predicted molar refractivity (Wildman–Crippen MR) is 138 cm³/mol. The summed E-state index contributed by atoms with van der Waals surface area (Å²) in [7, 11) is -3.86. The van der Waals surface area contributed by atoms with E-state index in [1.54, 1.807) is 24.3 Å². The molecule has 1 aromatic heterocycles. The van der Waals surface area contributed by atoms with E-state index in [1.807, 2.05) is 11.8 Å². The number of nitrogens with zero attached hydrogens (tertiary/aromatic N) is 1. The number of fused-ring (bicyclic) bond motifs is 3. The highest BCUT2D eigenvalue weighted by molar-refractivity contribution is 7.99.